The Bertz CT molecular complexity index is 421. The first-order valence-electron chi connectivity index (χ1n) is 5.35. The number of methoxy groups -OCH3 is 1. The molecule has 1 aromatic rings. The lowest BCUT2D eigenvalue weighted by atomic mass is 10.00. The zero-order chi connectivity index (χ0) is 13.7. The fourth-order valence-electron chi connectivity index (χ4n) is 1.61. The van der Waals surface area contributed by atoms with Crippen LogP contribution in [0.4, 0.5) is 0 Å². The highest BCUT2D eigenvalue weighted by Gasteiger charge is 2.21. The molecular weight excluding hydrogens is 256 g/mol. The minimum atomic E-state index is -1.16. The highest BCUT2D eigenvalue weighted by molar-refractivity contribution is 7.80. The normalized spacial score (nSPS) is 14.0. The molecular formula is C12H16O5S. The number of carboxylic acids is 1. The van der Waals surface area contributed by atoms with Gasteiger partial charge >= 0.3 is 5.97 Å². The van der Waals surface area contributed by atoms with E-state index in [1.54, 1.807) is 12.1 Å². The van der Waals surface area contributed by atoms with Gasteiger partial charge in [-0.1, -0.05) is 6.07 Å². The number of carboxylic acid groups (broad SMARTS) is 1. The summed E-state index contributed by atoms with van der Waals surface area (Å²) >= 11 is 3.91. The lowest BCUT2D eigenvalue weighted by Gasteiger charge is -2.19. The van der Waals surface area contributed by atoms with Crippen molar-refractivity contribution >= 4 is 18.6 Å². The third-order valence-electron chi connectivity index (χ3n) is 2.52. The maximum Gasteiger partial charge on any atom is 0.307 e. The molecule has 0 aliphatic rings. The largest absolute Gasteiger partial charge is 0.496 e. The van der Waals surface area contributed by atoms with Gasteiger partial charge in [0.25, 0.3) is 0 Å². The number of benzene rings is 1. The van der Waals surface area contributed by atoms with Gasteiger partial charge < -0.3 is 20.1 Å². The molecule has 3 N–H and O–H groups in total. The number of aliphatic hydroxyl groups excluding tert-OH is 2. The molecule has 1 rings (SSSR count). The fourth-order valence-corrected chi connectivity index (χ4v) is 1.81. The Hall–Kier alpha value is -1.24. The highest BCUT2D eigenvalue weighted by Crippen LogP contribution is 2.29. The van der Waals surface area contributed by atoms with Crippen molar-refractivity contribution in [3.63, 3.8) is 0 Å². The minimum absolute atomic E-state index is 0.0908. The van der Waals surface area contributed by atoms with Crippen LogP contribution < -0.4 is 4.74 Å². The van der Waals surface area contributed by atoms with E-state index in [0.29, 0.717) is 16.9 Å². The molecule has 0 saturated carbocycles. The van der Waals surface area contributed by atoms with Gasteiger partial charge in [-0.05, 0) is 17.7 Å². The van der Waals surface area contributed by atoms with Gasteiger partial charge in [0, 0.05) is 11.3 Å². The maximum atomic E-state index is 10.6. The number of aliphatic carboxylic acids is 1. The van der Waals surface area contributed by atoms with Gasteiger partial charge in [0.1, 0.15) is 11.9 Å². The van der Waals surface area contributed by atoms with Crippen molar-refractivity contribution in [2.45, 2.75) is 18.6 Å². The Labute approximate surface area is 110 Å². The van der Waals surface area contributed by atoms with E-state index in [-0.39, 0.29) is 12.2 Å². The van der Waals surface area contributed by atoms with E-state index in [9.17, 15) is 15.0 Å². The highest BCUT2D eigenvalue weighted by atomic mass is 32.1. The second kappa shape index (κ2) is 6.63. The second-order valence-electron chi connectivity index (χ2n) is 3.84. The summed E-state index contributed by atoms with van der Waals surface area (Å²) in [5.41, 5.74) is 0.890. The van der Waals surface area contributed by atoms with Crippen molar-refractivity contribution in [2.24, 2.45) is 0 Å². The topological polar surface area (TPSA) is 87.0 Å². The van der Waals surface area contributed by atoms with Gasteiger partial charge in [-0.15, -0.1) is 0 Å². The molecule has 0 amide bonds. The van der Waals surface area contributed by atoms with Crippen LogP contribution in [0.15, 0.2) is 18.2 Å². The lowest BCUT2D eigenvalue weighted by molar-refractivity contribution is -0.136. The molecule has 100 valence electrons. The molecule has 2 unspecified atom stereocenters. The minimum Gasteiger partial charge on any atom is -0.496 e. The Kier molecular flexibility index (Phi) is 5.46. The summed E-state index contributed by atoms with van der Waals surface area (Å²) in [6.45, 7) is 0. The van der Waals surface area contributed by atoms with Crippen molar-refractivity contribution in [3.8, 4) is 5.75 Å². The Morgan fingerprint density at radius 2 is 2.11 bits per heavy atom. The van der Waals surface area contributed by atoms with E-state index in [4.69, 9.17) is 9.84 Å². The number of ether oxygens (including phenoxy) is 1. The van der Waals surface area contributed by atoms with E-state index in [0.717, 1.165) is 0 Å². The summed E-state index contributed by atoms with van der Waals surface area (Å²) in [7, 11) is 1.44. The average Bonchev–Trinajstić information content (AvgIpc) is 2.36. The molecule has 0 aliphatic carbocycles. The molecule has 0 saturated heterocycles. The van der Waals surface area contributed by atoms with Crippen LogP contribution in [0.1, 0.15) is 17.2 Å². The average molecular weight is 272 g/mol. The van der Waals surface area contributed by atoms with Gasteiger partial charge in [-0.2, -0.15) is 12.6 Å². The van der Waals surface area contributed by atoms with Crippen molar-refractivity contribution in [1.82, 2.24) is 0 Å². The summed E-state index contributed by atoms with van der Waals surface area (Å²) in [5, 5.41) is 28.2. The predicted molar refractivity (Wildman–Crippen MR) is 69.2 cm³/mol. The first-order valence-corrected chi connectivity index (χ1v) is 5.98. The molecule has 1 aromatic carbocycles. The Morgan fingerprint density at radius 1 is 1.44 bits per heavy atom. The lowest BCUT2D eigenvalue weighted by Crippen LogP contribution is -2.20. The molecule has 6 heteroatoms. The van der Waals surface area contributed by atoms with Gasteiger partial charge in [-0.3, -0.25) is 4.79 Å². The fraction of sp³-hybridized carbons (Fsp3) is 0.417. The van der Waals surface area contributed by atoms with E-state index >= 15 is 0 Å². The summed E-state index contributed by atoms with van der Waals surface area (Å²) in [6, 6.07) is 4.70. The number of hydrogen-bond donors (Lipinski definition) is 4. The number of aliphatic hydroxyl groups is 2. The van der Waals surface area contributed by atoms with Crippen LogP contribution in [-0.2, 0) is 11.2 Å². The zero-order valence-electron chi connectivity index (χ0n) is 9.91. The van der Waals surface area contributed by atoms with Gasteiger partial charge in [-0.25, -0.2) is 0 Å². The van der Waals surface area contributed by atoms with Gasteiger partial charge in [0.15, 0.2) is 0 Å². The Morgan fingerprint density at radius 3 is 2.61 bits per heavy atom. The van der Waals surface area contributed by atoms with Crippen LogP contribution in [0.25, 0.3) is 0 Å². The standard InChI is InChI=1S/C12H16O5S/c1-17-10-3-2-7(5-11(14)15)4-8(10)12(16)9(13)6-18/h2-4,9,12-13,16,18H,5-6H2,1H3,(H,14,15). The van der Waals surface area contributed by atoms with E-state index in [1.165, 1.54) is 13.2 Å². The predicted octanol–water partition coefficient (Wildman–Crippen LogP) is 0.646. The van der Waals surface area contributed by atoms with Crippen LogP contribution >= 0.6 is 12.6 Å². The number of rotatable bonds is 6. The van der Waals surface area contributed by atoms with Crippen molar-refractivity contribution in [1.29, 1.82) is 0 Å². The SMILES string of the molecule is COc1ccc(CC(=O)O)cc1C(O)C(O)CS. The van der Waals surface area contributed by atoms with Crippen LogP contribution in [0.3, 0.4) is 0 Å². The summed E-state index contributed by atoms with van der Waals surface area (Å²) in [4.78, 5) is 10.6. The van der Waals surface area contributed by atoms with Gasteiger partial charge in [0.05, 0.1) is 19.6 Å². The summed E-state index contributed by atoms with van der Waals surface area (Å²) in [6.07, 6.45) is -2.35. The van der Waals surface area contributed by atoms with Crippen LogP contribution in [0.5, 0.6) is 5.75 Å². The first kappa shape index (κ1) is 14.8. The third-order valence-corrected chi connectivity index (χ3v) is 2.89. The third kappa shape index (κ3) is 3.63. The van der Waals surface area contributed by atoms with Crippen LogP contribution in [0.2, 0.25) is 0 Å². The number of thiol groups is 1. The molecule has 5 nitrogen and oxygen atoms in total. The quantitative estimate of drug-likeness (QED) is 0.571. The van der Waals surface area contributed by atoms with Crippen molar-refractivity contribution in [3.05, 3.63) is 29.3 Å². The zero-order valence-corrected chi connectivity index (χ0v) is 10.8. The molecule has 0 bridgehead atoms. The molecule has 0 fully saturated rings. The van der Waals surface area contributed by atoms with E-state index in [1.807, 2.05) is 0 Å². The maximum absolute atomic E-state index is 10.6. The molecule has 18 heavy (non-hydrogen) atoms. The molecule has 0 aromatic heterocycles. The molecule has 0 spiro atoms. The molecule has 0 aliphatic heterocycles. The summed E-state index contributed by atoms with van der Waals surface area (Å²) in [5.74, 6) is -0.471. The second-order valence-corrected chi connectivity index (χ2v) is 4.21. The van der Waals surface area contributed by atoms with Crippen LogP contribution in [-0.4, -0.2) is 40.3 Å². The number of carbonyl (C=O) groups is 1. The smallest absolute Gasteiger partial charge is 0.307 e. The Balaban J connectivity index is 3.09. The van der Waals surface area contributed by atoms with Crippen LogP contribution in [0, 0.1) is 0 Å². The first-order chi connectivity index (χ1) is 8.49. The monoisotopic (exact) mass is 272 g/mol. The van der Waals surface area contributed by atoms with Crippen molar-refractivity contribution < 1.29 is 24.9 Å². The van der Waals surface area contributed by atoms with E-state index < -0.39 is 18.2 Å². The van der Waals surface area contributed by atoms with Crippen molar-refractivity contribution in [2.75, 3.05) is 12.9 Å². The molecule has 0 heterocycles. The number of hydrogen-bond acceptors (Lipinski definition) is 5. The summed E-state index contributed by atoms with van der Waals surface area (Å²) < 4.78 is 5.08. The molecule has 0 radical (unpaired) electrons. The van der Waals surface area contributed by atoms with E-state index in [2.05, 4.69) is 12.6 Å². The van der Waals surface area contributed by atoms with Gasteiger partial charge in [0.2, 0.25) is 0 Å². The molecule has 2 atom stereocenters.